The molecule has 1 aliphatic rings. The number of benzene rings is 2. The van der Waals surface area contributed by atoms with Crippen LogP contribution in [0.5, 0.6) is 5.75 Å². The van der Waals surface area contributed by atoms with Gasteiger partial charge in [-0.15, -0.1) is 0 Å². The lowest BCUT2D eigenvalue weighted by Gasteiger charge is -2.33. The van der Waals surface area contributed by atoms with Crippen molar-refractivity contribution in [1.29, 1.82) is 0 Å². The first-order valence-electron chi connectivity index (χ1n) is 8.09. The van der Waals surface area contributed by atoms with Gasteiger partial charge in [0.15, 0.2) is 14.9 Å². The third-order valence-corrected chi connectivity index (χ3v) is 6.25. The number of anilines is 2. The van der Waals surface area contributed by atoms with Crippen molar-refractivity contribution in [2.24, 2.45) is 0 Å². The fourth-order valence-electron chi connectivity index (χ4n) is 2.98. The van der Waals surface area contributed by atoms with Gasteiger partial charge in [-0.3, -0.25) is 0 Å². The Morgan fingerprint density at radius 2 is 1.88 bits per heavy atom. The summed E-state index contributed by atoms with van der Waals surface area (Å²) in [5.74, 6) is -0.486. The van der Waals surface area contributed by atoms with Crippen LogP contribution >= 0.6 is 12.2 Å². The predicted molar refractivity (Wildman–Crippen MR) is 106 cm³/mol. The molecule has 0 aromatic heterocycles. The average Bonchev–Trinajstić information content (AvgIpc) is 2.82. The van der Waals surface area contributed by atoms with Gasteiger partial charge in [0, 0.05) is 17.4 Å². The first kappa shape index (κ1) is 18.6. The van der Waals surface area contributed by atoms with Crippen LogP contribution in [-0.4, -0.2) is 47.4 Å². The van der Waals surface area contributed by atoms with Crippen LogP contribution in [0.25, 0.3) is 0 Å². The Morgan fingerprint density at radius 1 is 1.19 bits per heavy atom. The zero-order valence-corrected chi connectivity index (χ0v) is 15.8. The van der Waals surface area contributed by atoms with Gasteiger partial charge in [0.2, 0.25) is 0 Å². The standard InChI is InChI=1S/C18H20N2O4S2/c1-12-5-7-13(8-6-12)19-18(25)20(14-3-2-4-15(21)9-14)16-10-26(23,24)11-17(16)22/h2-9,16-17,21-22H,10-11H2,1H3,(H,19,25)/t16-,17-/m1/s1. The van der Waals surface area contributed by atoms with Gasteiger partial charge >= 0.3 is 0 Å². The second kappa shape index (κ2) is 7.22. The summed E-state index contributed by atoms with van der Waals surface area (Å²) in [7, 11) is -3.36. The van der Waals surface area contributed by atoms with Crippen molar-refractivity contribution < 1.29 is 18.6 Å². The number of aromatic hydroxyl groups is 1. The van der Waals surface area contributed by atoms with E-state index in [1.807, 2.05) is 31.2 Å². The number of hydrogen-bond donors (Lipinski definition) is 3. The van der Waals surface area contributed by atoms with Crippen LogP contribution < -0.4 is 10.2 Å². The Hall–Kier alpha value is -2.16. The molecular weight excluding hydrogens is 372 g/mol. The Morgan fingerprint density at radius 3 is 2.46 bits per heavy atom. The lowest BCUT2D eigenvalue weighted by molar-refractivity contribution is 0.184. The van der Waals surface area contributed by atoms with Gasteiger partial charge in [-0.1, -0.05) is 23.8 Å². The van der Waals surface area contributed by atoms with E-state index in [1.165, 1.54) is 12.1 Å². The van der Waals surface area contributed by atoms with E-state index in [4.69, 9.17) is 12.2 Å². The molecule has 8 heteroatoms. The van der Waals surface area contributed by atoms with E-state index >= 15 is 0 Å². The number of nitrogens with one attached hydrogen (secondary N) is 1. The molecule has 0 spiro atoms. The number of rotatable bonds is 3. The molecule has 0 aliphatic carbocycles. The molecule has 2 aromatic carbocycles. The minimum atomic E-state index is -3.36. The Kier molecular flexibility index (Phi) is 5.17. The maximum absolute atomic E-state index is 12.0. The second-order valence-electron chi connectivity index (χ2n) is 6.40. The highest BCUT2D eigenvalue weighted by atomic mass is 32.2. The molecule has 1 heterocycles. The molecule has 3 rings (SSSR count). The van der Waals surface area contributed by atoms with Crippen LogP contribution in [0.1, 0.15) is 5.56 Å². The van der Waals surface area contributed by atoms with Crippen molar-refractivity contribution in [3.8, 4) is 5.75 Å². The quantitative estimate of drug-likeness (QED) is 0.689. The molecule has 2 aromatic rings. The largest absolute Gasteiger partial charge is 0.508 e. The summed E-state index contributed by atoms with van der Waals surface area (Å²) in [5, 5.41) is 23.4. The number of aryl methyl sites for hydroxylation is 1. The van der Waals surface area contributed by atoms with Crippen molar-refractivity contribution in [3.63, 3.8) is 0 Å². The zero-order valence-electron chi connectivity index (χ0n) is 14.2. The van der Waals surface area contributed by atoms with Crippen LogP contribution in [0.3, 0.4) is 0 Å². The SMILES string of the molecule is Cc1ccc(NC(=S)N(c2cccc(O)c2)[C@@H]2CS(=O)(=O)C[C@H]2O)cc1. The molecule has 3 N–H and O–H groups in total. The minimum absolute atomic E-state index is 0.0287. The normalized spacial score (nSPS) is 21.3. The monoisotopic (exact) mass is 392 g/mol. The minimum Gasteiger partial charge on any atom is -0.508 e. The van der Waals surface area contributed by atoms with E-state index < -0.39 is 22.0 Å². The first-order valence-corrected chi connectivity index (χ1v) is 10.3. The maximum atomic E-state index is 12.0. The van der Waals surface area contributed by atoms with Crippen LogP contribution in [0, 0.1) is 6.92 Å². The number of aliphatic hydroxyl groups excluding tert-OH is 1. The van der Waals surface area contributed by atoms with E-state index in [2.05, 4.69) is 5.32 Å². The van der Waals surface area contributed by atoms with Crippen LogP contribution in [0.15, 0.2) is 48.5 Å². The van der Waals surface area contributed by atoms with Gasteiger partial charge < -0.3 is 20.4 Å². The summed E-state index contributed by atoms with van der Waals surface area (Å²) >= 11 is 5.51. The third kappa shape index (κ3) is 4.14. The second-order valence-corrected chi connectivity index (χ2v) is 8.94. The molecule has 1 aliphatic heterocycles. The van der Waals surface area contributed by atoms with Gasteiger partial charge in [-0.25, -0.2) is 8.42 Å². The first-order chi connectivity index (χ1) is 12.2. The molecule has 1 saturated heterocycles. The Balaban J connectivity index is 1.95. The highest BCUT2D eigenvalue weighted by molar-refractivity contribution is 7.91. The van der Waals surface area contributed by atoms with Gasteiger partial charge in [0.05, 0.1) is 23.7 Å². The van der Waals surface area contributed by atoms with Gasteiger partial charge in [-0.2, -0.15) is 0 Å². The van der Waals surface area contributed by atoms with Gasteiger partial charge in [0.25, 0.3) is 0 Å². The topological polar surface area (TPSA) is 89.9 Å². The number of hydrogen-bond acceptors (Lipinski definition) is 5. The zero-order chi connectivity index (χ0) is 18.9. The van der Waals surface area contributed by atoms with E-state index in [9.17, 15) is 18.6 Å². The highest BCUT2D eigenvalue weighted by Gasteiger charge is 2.41. The summed E-state index contributed by atoms with van der Waals surface area (Å²) in [4.78, 5) is 1.56. The molecule has 0 unspecified atom stereocenters. The highest BCUT2D eigenvalue weighted by Crippen LogP contribution is 2.28. The molecular formula is C18H20N2O4S2. The summed E-state index contributed by atoms with van der Waals surface area (Å²) in [6.45, 7) is 1.97. The maximum Gasteiger partial charge on any atom is 0.178 e. The molecule has 6 nitrogen and oxygen atoms in total. The molecule has 0 saturated carbocycles. The number of phenols is 1. The summed E-state index contributed by atoms with van der Waals surface area (Å²) in [5.41, 5.74) is 2.36. The lowest BCUT2D eigenvalue weighted by atomic mass is 10.1. The van der Waals surface area contributed by atoms with Crippen LogP contribution in [0.4, 0.5) is 11.4 Å². The number of sulfone groups is 1. The van der Waals surface area contributed by atoms with Crippen molar-refractivity contribution in [3.05, 3.63) is 54.1 Å². The Bertz CT molecular complexity index is 913. The molecule has 138 valence electrons. The lowest BCUT2D eigenvalue weighted by Crippen LogP contribution is -2.48. The number of thiocarbonyl (C=S) groups is 1. The van der Waals surface area contributed by atoms with E-state index in [-0.39, 0.29) is 22.4 Å². The summed E-state index contributed by atoms with van der Waals surface area (Å²) in [6.07, 6.45) is -1.07. The fourth-order valence-corrected chi connectivity index (χ4v) is 5.11. The molecule has 0 bridgehead atoms. The number of phenolic OH excluding ortho intramolecular Hbond substituents is 1. The van der Waals surface area contributed by atoms with E-state index in [0.29, 0.717) is 5.69 Å². The van der Waals surface area contributed by atoms with Gasteiger partial charge in [0.1, 0.15) is 5.75 Å². The van der Waals surface area contributed by atoms with Gasteiger partial charge in [-0.05, 0) is 43.4 Å². The average molecular weight is 393 g/mol. The summed E-state index contributed by atoms with van der Waals surface area (Å²) in [6, 6.07) is 13.2. The molecule has 26 heavy (non-hydrogen) atoms. The molecule has 0 radical (unpaired) electrons. The predicted octanol–water partition coefficient (Wildman–Crippen LogP) is 2.06. The summed E-state index contributed by atoms with van der Waals surface area (Å²) < 4.78 is 23.9. The smallest absolute Gasteiger partial charge is 0.178 e. The van der Waals surface area contributed by atoms with Crippen molar-refractivity contribution >= 4 is 38.5 Å². The van der Waals surface area contributed by atoms with Crippen LogP contribution in [-0.2, 0) is 9.84 Å². The van der Waals surface area contributed by atoms with Crippen molar-refractivity contribution in [2.45, 2.75) is 19.1 Å². The van der Waals surface area contributed by atoms with Crippen LogP contribution in [0.2, 0.25) is 0 Å². The third-order valence-electron chi connectivity index (χ3n) is 4.25. The molecule has 0 amide bonds. The Labute approximate surface area is 158 Å². The molecule has 2 atom stereocenters. The number of nitrogens with zero attached hydrogens (tertiary/aromatic N) is 1. The van der Waals surface area contributed by atoms with E-state index in [1.54, 1.807) is 17.0 Å². The number of aliphatic hydroxyl groups is 1. The van der Waals surface area contributed by atoms with Crippen molar-refractivity contribution in [2.75, 3.05) is 21.7 Å². The van der Waals surface area contributed by atoms with Crippen molar-refractivity contribution in [1.82, 2.24) is 0 Å². The fraction of sp³-hybridized carbons (Fsp3) is 0.278. The molecule has 1 fully saturated rings. The van der Waals surface area contributed by atoms with E-state index in [0.717, 1.165) is 11.3 Å².